The van der Waals surface area contributed by atoms with Crippen molar-refractivity contribution in [1.29, 1.82) is 0 Å². The van der Waals surface area contributed by atoms with E-state index in [0.29, 0.717) is 37.3 Å². The molecule has 5 nitrogen and oxygen atoms in total. The largest absolute Gasteiger partial charge is 0.465 e. The fraction of sp³-hybridized carbons (Fsp3) is 0.360. The molecule has 3 aromatic rings. The van der Waals surface area contributed by atoms with E-state index in [9.17, 15) is 14.0 Å². The molecule has 0 bridgehead atoms. The van der Waals surface area contributed by atoms with Gasteiger partial charge in [0.2, 0.25) is 5.91 Å². The average molecular weight is 457 g/mol. The van der Waals surface area contributed by atoms with Gasteiger partial charge < -0.3 is 14.6 Å². The van der Waals surface area contributed by atoms with E-state index < -0.39 is 0 Å². The van der Waals surface area contributed by atoms with Crippen molar-refractivity contribution in [2.75, 3.05) is 6.61 Å². The highest BCUT2D eigenvalue weighted by atomic mass is 35.5. The first kappa shape index (κ1) is 22.3. The Hall–Kier alpha value is -2.86. The minimum absolute atomic E-state index is 0.0280. The third kappa shape index (κ3) is 4.80. The summed E-state index contributed by atoms with van der Waals surface area (Å²) < 4.78 is 21.1. The maximum atomic E-state index is 14.0. The molecule has 1 aliphatic rings. The Morgan fingerprint density at radius 2 is 2.06 bits per heavy atom. The smallest absolute Gasteiger partial charge is 0.325 e. The van der Waals surface area contributed by atoms with Gasteiger partial charge in [0.1, 0.15) is 12.4 Å². The SMILES string of the molecule is CCOC(=O)Cn1c2c(c3cc(F)ccc31)C[C@H](NC(=O)CCc1ccccc1Cl)CC2. The molecule has 0 fully saturated rings. The zero-order valence-electron chi connectivity index (χ0n) is 18.0. The lowest BCUT2D eigenvalue weighted by molar-refractivity contribution is -0.143. The maximum absolute atomic E-state index is 14.0. The minimum atomic E-state index is -0.320. The molecule has 1 N–H and O–H groups in total. The summed E-state index contributed by atoms with van der Waals surface area (Å²) in [6.45, 7) is 2.19. The number of aromatic nitrogens is 1. The number of nitrogens with one attached hydrogen (secondary N) is 1. The number of fused-ring (bicyclic) bond motifs is 3. The Bertz CT molecular complexity index is 1160. The van der Waals surface area contributed by atoms with Crippen LogP contribution >= 0.6 is 11.6 Å². The predicted molar refractivity (Wildman–Crippen MR) is 122 cm³/mol. The quantitative estimate of drug-likeness (QED) is 0.528. The van der Waals surface area contributed by atoms with Crippen molar-refractivity contribution in [3.05, 3.63) is 70.1 Å². The third-order valence-corrected chi connectivity index (χ3v) is 6.33. The van der Waals surface area contributed by atoms with E-state index >= 15 is 0 Å². The van der Waals surface area contributed by atoms with Crippen LogP contribution in [0.4, 0.5) is 4.39 Å². The Balaban J connectivity index is 1.49. The van der Waals surface area contributed by atoms with E-state index in [2.05, 4.69) is 5.32 Å². The van der Waals surface area contributed by atoms with Crippen LogP contribution < -0.4 is 5.32 Å². The summed E-state index contributed by atoms with van der Waals surface area (Å²) in [4.78, 5) is 24.7. The number of nitrogens with zero attached hydrogens (tertiary/aromatic N) is 1. The number of amides is 1. The van der Waals surface area contributed by atoms with Crippen LogP contribution in [0.3, 0.4) is 0 Å². The number of halogens is 2. The molecule has 168 valence electrons. The summed E-state index contributed by atoms with van der Waals surface area (Å²) >= 11 is 6.18. The fourth-order valence-electron chi connectivity index (χ4n) is 4.51. The van der Waals surface area contributed by atoms with Crippen LogP contribution in [0.1, 0.15) is 36.6 Å². The Kier molecular flexibility index (Phi) is 6.80. The first-order valence-electron chi connectivity index (χ1n) is 10.9. The first-order chi connectivity index (χ1) is 15.5. The van der Waals surface area contributed by atoms with Gasteiger partial charge in [0.05, 0.1) is 6.61 Å². The summed E-state index contributed by atoms with van der Waals surface area (Å²) in [5.41, 5.74) is 3.77. The van der Waals surface area contributed by atoms with Gasteiger partial charge in [0.25, 0.3) is 0 Å². The van der Waals surface area contributed by atoms with Gasteiger partial charge in [-0.25, -0.2) is 4.39 Å². The van der Waals surface area contributed by atoms with Crippen molar-refractivity contribution >= 4 is 34.4 Å². The third-order valence-electron chi connectivity index (χ3n) is 5.97. The highest BCUT2D eigenvalue weighted by Gasteiger charge is 2.27. The number of benzene rings is 2. The molecule has 0 unspecified atom stereocenters. The van der Waals surface area contributed by atoms with Crippen LogP contribution in [0.2, 0.25) is 5.02 Å². The van der Waals surface area contributed by atoms with Crippen molar-refractivity contribution in [2.24, 2.45) is 0 Å². The Morgan fingerprint density at radius 3 is 2.84 bits per heavy atom. The van der Waals surface area contributed by atoms with Gasteiger partial charge >= 0.3 is 5.97 Å². The molecular weight excluding hydrogens is 431 g/mol. The van der Waals surface area contributed by atoms with E-state index in [1.807, 2.05) is 28.8 Å². The van der Waals surface area contributed by atoms with E-state index in [4.69, 9.17) is 16.3 Å². The molecule has 4 rings (SSSR count). The second kappa shape index (κ2) is 9.74. The topological polar surface area (TPSA) is 60.3 Å². The lowest BCUT2D eigenvalue weighted by Gasteiger charge is -2.25. The van der Waals surface area contributed by atoms with Crippen LogP contribution in [0, 0.1) is 5.82 Å². The number of hydrogen-bond donors (Lipinski definition) is 1. The van der Waals surface area contributed by atoms with Crippen molar-refractivity contribution in [2.45, 2.75) is 51.6 Å². The number of carbonyl (C=O) groups excluding carboxylic acids is 2. The molecule has 32 heavy (non-hydrogen) atoms. The number of hydrogen-bond acceptors (Lipinski definition) is 3. The lowest BCUT2D eigenvalue weighted by Crippen LogP contribution is -2.39. The van der Waals surface area contributed by atoms with E-state index in [0.717, 1.165) is 34.1 Å². The van der Waals surface area contributed by atoms with Crippen LogP contribution in [-0.2, 0) is 40.1 Å². The zero-order valence-corrected chi connectivity index (χ0v) is 18.8. The standard InChI is InChI=1S/C25H26ClFN2O3/c1-2-32-25(31)15-29-22-10-8-17(27)13-19(22)20-14-18(9-11-23(20)29)28-24(30)12-7-16-5-3-4-6-21(16)26/h3-6,8,10,13,18H,2,7,9,11-12,14-15H2,1H3,(H,28,30)/t18-/m1/s1. The minimum Gasteiger partial charge on any atom is -0.465 e. The molecule has 0 saturated heterocycles. The van der Waals surface area contributed by atoms with Gasteiger partial charge in [-0.2, -0.15) is 0 Å². The van der Waals surface area contributed by atoms with Crippen LogP contribution in [0.15, 0.2) is 42.5 Å². The number of ether oxygens (including phenoxy) is 1. The van der Waals surface area contributed by atoms with Crippen LogP contribution in [0.25, 0.3) is 10.9 Å². The monoisotopic (exact) mass is 456 g/mol. The van der Waals surface area contributed by atoms with Gasteiger partial charge in [-0.1, -0.05) is 29.8 Å². The van der Waals surface area contributed by atoms with Gasteiger partial charge in [-0.3, -0.25) is 9.59 Å². The summed E-state index contributed by atoms with van der Waals surface area (Å²) in [6.07, 6.45) is 2.98. The molecule has 0 radical (unpaired) electrons. The van der Waals surface area contributed by atoms with Gasteiger partial charge in [0.15, 0.2) is 0 Å². The summed E-state index contributed by atoms with van der Waals surface area (Å²) in [7, 11) is 0. The van der Waals surface area contributed by atoms with Gasteiger partial charge in [-0.15, -0.1) is 0 Å². The van der Waals surface area contributed by atoms with E-state index in [1.54, 1.807) is 13.0 Å². The van der Waals surface area contributed by atoms with Crippen molar-refractivity contribution in [3.8, 4) is 0 Å². The molecule has 7 heteroatoms. The lowest BCUT2D eigenvalue weighted by atomic mass is 9.91. The van der Waals surface area contributed by atoms with Crippen LogP contribution in [-0.4, -0.2) is 29.1 Å². The summed E-state index contributed by atoms with van der Waals surface area (Å²) in [5, 5.41) is 4.58. The highest BCUT2D eigenvalue weighted by molar-refractivity contribution is 6.31. The second-order valence-electron chi connectivity index (χ2n) is 8.08. The Morgan fingerprint density at radius 1 is 1.25 bits per heavy atom. The normalized spacial score (nSPS) is 15.4. The summed E-state index contributed by atoms with van der Waals surface area (Å²) in [5.74, 6) is -0.661. The number of aryl methyl sites for hydroxylation is 1. The molecule has 1 aromatic heterocycles. The molecule has 0 saturated carbocycles. The van der Waals surface area contributed by atoms with Crippen LogP contribution in [0.5, 0.6) is 0 Å². The highest BCUT2D eigenvalue weighted by Crippen LogP contribution is 2.33. The molecule has 0 spiro atoms. The molecule has 1 heterocycles. The maximum Gasteiger partial charge on any atom is 0.325 e. The molecule has 0 aliphatic heterocycles. The number of carbonyl (C=O) groups is 2. The van der Waals surface area contributed by atoms with E-state index in [1.165, 1.54) is 12.1 Å². The van der Waals surface area contributed by atoms with E-state index in [-0.39, 0.29) is 30.3 Å². The first-order valence-corrected chi connectivity index (χ1v) is 11.3. The number of rotatable bonds is 7. The van der Waals surface area contributed by atoms with Gasteiger partial charge in [0, 0.05) is 34.1 Å². The van der Waals surface area contributed by atoms with Gasteiger partial charge in [-0.05, 0) is 68.0 Å². The summed E-state index contributed by atoms with van der Waals surface area (Å²) in [6, 6.07) is 12.1. The molecule has 1 atom stereocenters. The number of esters is 1. The fourth-order valence-corrected chi connectivity index (χ4v) is 4.74. The zero-order chi connectivity index (χ0) is 22.7. The molecule has 2 aromatic carbocycles. The van der Waals surface area contributed by atoms with Crippen molar-refractivity contribution < 1.29 is 18.7 Å². The van der Waals surface area contributed by atoms with Crippen molar-refractivity contribution in [3.63, 3.8) is 0 Å². The Labute approximate surface area is 191 Å². The average Bonchev–Trinajstić information content (AvgIpc) is 3.05. The molecular formula is C25H26ClFN2O3. The molecule has 1 aliphatic carbocycles. The molecule has 1 amide bonds. The van der Waals surface area contributed by atoms with Crippen molar-refractivity contribution in [1.82, 2.24) is 9.88 Å². The predicted octanol–water partition coefficient (Wildman–Crippen LogP) is 4.60. The second-order valence-corrected chi connectivity index (χ2v) is 8.48.